The number of hydrogen-bond acceptors (Lipinski definition) is 1. The molecule has 0 radical (unpaired) electrons. The van der Waals surface area contributed by atoms with Crippen LogP contribution in [-0.2, 0) is 10.8 Å². The van der Waals surface area contributed by atoms with Crippen molar-refractivity contribution in [2.24, 2.45) is 0 Å². The first-order valence-electron chi connectivity index (χ1n) is 15.2. The van der Waals surface area contributed by atoms with E-state index in [2.05, 4.69) is 141 Å². The number of hydrogen-bond donors (Lipinski definition) is 0. The van der Waals surface area contributed by atoms with E-state index in [1.165, 1.54) is 66.5 Å². The van der Waals surface area contributed by atoms with Gasteiger partial charge in [-0.15, -0.1) is 0 Å². The van der Waals surface area contributed by atoms with Crippen LogP contribution in [0.3, 0.4) is 0 Å². The molecule has 0 saturated carbocycles. The standard InChI is InChI=1S/C41H32N2/c1-40(2)33-12-7-5-10-28(33)30-20-17-26(22-35(30)40)25-15-18-27(19-16-25)43-37-14-9-21-42-39(37)32-23-36-31(24-38(32)43)29-11-6-8-13-34(29)41(36,3)4/h5-24H,1-4H3. The number of fused-ring (bicyclic) bond motifs is 9. The minimum Gasteiger partial charge on any atom is -0.308 e. The van der Waals surface area contributed by atoms with Gasteiger partial charge in [-0.3, -0.25) is 4.98 Å². The lowest BCUT2D eigenvalue weighted by atomic mass is 9.81. The van der Waals surface area contributed by atoms with Crippen molar-refractivity contribution >= 4 is 21.9 Å². The van der Waals surface area contributed by atoms with Gasteiger partial charge in [-0.1, -0.05) is 100 Å². The van der Waals surface area contributed by atoms with Gasteiger partial charge in [0.05, 0.1) is 16.6 Å². The fourth-order valence-electron chi connectivity index (χ4n) is 7.99. The second kappa shape index (κ2) is 8.33. The molecule has 0 atom stereocenters. The molecule has 0 aliphatic heterocycles. The maximum Gasteiger partial charge on any atom is 0.0963 e. The fraction of sp³-hybridized carbons (Fsp3) is 0.146. The van der Waals surface area contributed by atoms with Gasteiger partial charge in [0.25, 0.3) is 0 Å². The van der Waals surface area contributed by atoms with Gasteiger partial charge in [0.2, 0.25) is 0 Å². The summed E-state index contributed by atoms with van der Waals surface area (Å²) in [6.07, 6.45) is 1.91. The molecule has 2 aromatic heterocycles. The molecule has 0 fully saturated rings. The maximum atomic E-state index is 4.89. The van der Waals surface area contributed by atoms with Gasteiger partial charge in [-0.2, -0.15) is 0 Å². The van der Waals surface area contributed by atoms with Gasteiger partial charge in [0, 0.05) is 28.1 Å². The monoisotopic (exact) mass is 552 g/mol. The molecule has 7 aromatic rings. The predicted octanol–water partition coefficient (Wildman–Crippen LogP) is 10.5. The normalized spacial score (nSPS) is 15.3. The van der Waals surface area contributed by atoms with E-state index >= 15 is 0 Å². The molecular weight excluding hydrogens is 520 g/mol. The molecule has 5 aromatic carbocycles. The number of pyridine rings is 1. The average molecular weight is 553 g/mol. The summed E-state index contributed by atoms with van der Waals surface area (Å²) in [4.78, 5) is 4.89. The van der Waals surface area contributed by atoms with Crippen molar-refractivity contribution in [1.82, 2.24) is 9.55 Å². The Labute approximate surface area is 252 Å². The van der Waals surface area contributed by atoms with Crippen LogP contribution >= 0.6 is 0 Å². The molecule has 2 aliphatic carbocycles. The van der Waals surface area contributed by atoms with Gasteiger partial charge in [0.1, 0.15) is 0 Å². The van der Waals surface area contributed by atoms with Gasteiger partial charge in [-0.05, 0) is 98.1 Å². The lowest BCUT2D eigenvalue weighted by Gasteiger charge is -2.22. The molecule has 0 unspecified atom stereocenters. The Morgan fingerprint density at radius 2 is 1.09 bits per heavy atom. The molecule has 0 N–H and O–H groups in total. The van der Waals surface area contributed by atoms with Crippen molar-refractivity contribution < 1.29 is 0 Å². The van der Waals surface area contributed by atoms with E-state index in [1.54, 1.807) is 0 Å². The third-order valence-electron chi connectivity index (χ3n) is 10.3. The Morgan fingerprint density at radius 3 is 1.81 bits per heavy atom. The molecule has 2 aliphatic rings. The third-order valence-corrected chi connectivity index (χ3v) is 10.3. The molecule has 0 amide bonds. The number of benzene rings is 5. The summed E-state index contributed by atoms with van der Waals surface area (Å²) < 4.78 is 2.39. The van der Waals surface area contributed by atoms with Crippen molar-refractivity contribution in [2.75, 3.05) is 0 Å². The van der Waals surface area contributed by atoms with E-state index in [-0.39, 0.29) is 10.8 Å². The lowest BCUT2D eigenvalue weighted by Crippen LogP contribution is -2.14. The Kier molecular flexibility index (Phi) is 4.77. The molecule has 43 heavy (non-hydrogen) atoms. The first-order chi connectivity index (χ1) is 20.8. The fourth-order valence-corrected chi connectivity index (χ4v) is 7.99. The number of rotatable bonds is 2. The molecule has 2 heteroatoms. The van der Waals surface area contributed by atoms with Crippen LogP contribution in [-0.4, -0.2) is 9.55 Å². The summed E-state index contributed by atoms with van der Waals surface area (Å²) in [5.41, 5.74) is 17.9. The molecular formula is C41H32N2. The van der Waals surface area contributed by atoms with Crippen LogP contribution in [0.15, 0.2) is 121 Å². The minimum absolute atomic E-state index is 0.00864. The largest absolute Gasteiger partial charge is 0.308 e. The first-order valence-corrected chi connectivity index (χ1v) is 15.2. The van der Waals surface area contributed by atoms with Gasteiger partial charge < -0.3 is 4.57 Å². The quantitative estimate of drug-likeness (QED) is 0.209. The molecule has 2 nitrogen and oxygen atoms in total. The summed E-state index contributed by atoms with van der Waals surface area (Å²) in [5.74, 6) is 0. The van der Waals surface area contributed by atoms with Crippen LogP contribution < -0.4 is 0 Å². The van der Waals surface area contributed by atoms with E-state index in [0.29, 0.717) is 0 Å². The van der Waals surface area contributed by atoms with E-state index in [4.69, 9.17) is 4.98 Å². The highest BCUT2D eigenvalue weighted by Gasteiger charge is 2.37. The highest BCUT2D eigenvalue weighted by Crippen LogP contribution is 2.51. The van der Waals surface area contributed by atoms with Crippen LogP contribution in [0.5, 0.6) is 0 Å². The Hall–Kier alpha value is -4.95. The van der Waals surface area contributed by atoms with Gasteiger partial charge in [-0.25, -0.2) is 0 Å². The topological polar surface area (TPSA) is 17.8 Å². The van der Waals surface area contributed by atoms with Gasteiger partial charge in [0.15, 0.2) is 0 Å². The summed E-state index contributed by atoms with van der Waals surface area (Å²) in [6.45, 7) is 9.37. The van der Waals surface area contributed by atoms with Crippen molar-refractivity contribution in [3.8, 4) is 39.1 Å². The molecule has 0 saturated heterocycles. The summed E-state index contributed by atoms with van der Waals surface area (Å²) in [7, 11) is 0. The zero-order chi connectivity index (χ0) is 29.1. The van der Waals surface area contributed by atoms with Crippen LogP contribution in [0.4, 0.5) is 0 Å². The second-order valence-electron chi connectivity index (χ2n) is 13.3. The van der Waals surface area contributed by atoms with Crippen LogP contribution in [0, 0.1) is 0 Å². The van der Waals surface area contributed by atoms with Crippen LogP contribution in [0.25, 0.3) is 61.0 Å². The summed E-state index contributed by atoms with van der Waals surface area (Å²) in [6, 6.07) is 42.8. The summed E-state index contributed by atoms with van der Waals surface area (Å²) in [5, 5.41) is 1.21. The van der Waals surface area contributed by atoms with E-state index in [1.807, 2.05) is 12.3 Å². The smallest absolute Gasteiger partial charge is 0.0963 e. The summed E-state index contributed by atoms with van der Waals surface area (Å²) >= 11 is 0. The van der Waals surface area contributed by atoms with Crippen molar-refractivity contribution in [2.45, 2.75) is 38.5 Å². The first kappa shape index (κ1) is 24.6. The number of nitrogens with zero attached hydrogens (tertiary/aromatic N) is 2. The minimum atomic E-state index is -0.0449. The highest BCUT2D eigenvalue weighted by atomic mass is 15.0. The average Bonchev–Trinajstić information content (AvgIpc) is 3.57. The van der Waals surface area contributed by atoms with Crippen LogP contribution in [0.2, 0.25) is 0 Å². The zero-order valence-electron chi connectivity index (χ0n) is 24.9. The van der Waals surface area contributed by atoms with Crippen molar-refractivity contribution in [3.63, 3.8) is 0 Å². The molecule has 9 rings (SSSR count). The molecule has 0 bridgehead atoms. The Morgan fingerprint density at radius 1 is 0.488 bits per heavy atom. The third kappa shape index (κ3) is 3.21. The molecule has 0 spiro atoms. The van der Waals surface area contributed by atoms with Crippen molar-refractivity contribution in [3.05, 3.63) is 144 Å². The maximum absolute atomic E-state index is 4.89. The second-order valence-corrected chi connectivity index (χ2v) is 13.3. The molecule has 206 valence electrons. The highest BCUT2D eigenvalue weighted by molar-refractivity contribution is 6.09. The Balaban J connectivity index is 1.19. The van der Waals surface area contributed by atoms with E-state index in [9.17, 15) is 0 Å². The predicted molar refractivity (Wildman–Crippen MR) is 179 cm³/mol. The van der Waals surface area contributed by atoms with Crippen LogP contribution in [0.1, 0.15) is 49.9 Å². The zero-order valence-corrected chi connectivity index (χ0v) is 24.9. The lowest BCUT2D eigenvalue weighted by molar-refractivity contribution is 0.660. The SMILES string of the molecule is CC1(C)c2ccccc2-c2ccc(-c3ccc(-n4c5cc6c(cc5c5ncccc54)C(C)(C)c4ccccc4-6)cc3)cc21. The van der Waals surface area contributed by atoms with E-state index in [0.717, 1.165) is 16.7 Å². The molecule has 2 heterocycles. The number of aromatic nitrogens is 2. The Bertz CT molecular complexity index is 2280. The van der Waals surface area contributed by atoms with E-state index < -0.39 is 0 Å². The van der Waals surface area contributed by atoms with Crippen molar-refractivity contribution in [1.29, 1.82) is 0 Å². The van der Waals surface area contributed by atoms with Gasteiger partial charge >= 0.3 is 0 Å².